The number of likely N-dealkylation sites (tertiary alicyclic amines) is 1. The summed E-state index contributed by atoms with van der Waals surface area (Å²) in [6.45, 7) is 1.44. The Morgan fingerprint density at radius 2 is 2.17 bits per heavy atom. The minimum atomic E-state index is 0.0428. The van der Waals surface area contributed by atoms with Crippen LogP contribution in [-0.4, -0.2) is 38.7 Å². The van der Waals surface area contributed by atoms with Crippen LogP contribution in [0.25, 0.3) is 0 Å². The predicted octanol–water partition coefficient (Wildman–Crippen LogP) is 1.90. The molecule has 0 unspecified atom stereocenters. The number of nitriles is 1. The molecule has 3 rings (SSSR count). The first-order valence-corrected chi connectivity index (χ1v) is 7.78. The Bertz CT molecular complexity index is 737. The maximum absolute atomic E-state index is 12.6. The predicted molar refractivity (Wildman–Crippen MR) is 84.6 cm³/mol. The van der Waals surface area contributed by atoms with Crippen LogP contribution < -0.4 is 0 Å². The van der Waals surface area contributed by atoms with Gasteiger partial charge in [0.05, 0.1) is 12.5 Å². The molecule has 2 aromatic rings. The Hall–Kier alpha value is -2.68. The molecule has 2 heterocycles. The Kier molecular flexibility index (Phi) is 4.38. The molecule has 0 radical (unpaired) electrons. The normalized spacial score (nSPS) is 15.4. The zero-order valence-electron chi connectivity index (χ0n) is 13.1. The molecule has 0 bridgehead atoms. The van der Waals surface area contributed by atoms with Crippen LogP contribution in [0.1, 0.15) is 40.5 Å². The Morgan fingerprint density at radius 3 is 2.83 bits per heavy atom. The first-order chi connectivity index (χ1) is 11.2. The summed E-state index contributed by atoms with van der Waals surface area (Å²) in [6.07, 6.45) is 3.84. The number of nitrogens with zero attached hydrogens (tertiary/aromatic N) is 5. The van der Waals surface area contributed by atoms with Crippen LogP contribution in [0.5, 0.6) is 0 Å². The molecule has 0 N–H and O–H groups in total. The average Bonchev–Trinajstić information content (AvgIpc) is 3.01. The highest BCUT2D eigenvalue weighted by Gasteiger charge is 2.26. The quantitative estimate of drug-likeness (QED) is 0.868. The van der Waals surface area contributed by atoms with Gasteiger partial charge in [0.25, 0.3) is 5.91 Å². The van der Waals surface area contributed by atoms with Gasteiger partial charge in [-0.25, -0.2) is 0 Å². The molecule has 1 fully saturated rings. The molecule has 0 saturated carbocycles. The fraction of sp³-hybridized carbons (Fsp3) is 0.412. The van der Waals surface area contributed by atoms with Gasteiger partial charge in [-0.1, -0.05) is 12.1 Å². The molecule has 1 aromatic heterocycles. The molecule has 118 valence electrons. The minimum absolute atomic E-state index is 0.0428. The van der Waals surface area contributed by atoms with Crippen molar-refractivity contribution in [2.24, 2.45) is 7.05 Å². The number of hydrogen-bond acceptors (Lipinski definition) is 4. The van der Waals surface area contributed by atoms with Crippen LogP contribution >= 0.6 is 0 Å². The number of carbonyl (C=O) groups is 1. The molecule has 6 heteroatoms. The van der Waals surface area contributed by atoms with Gasteiger partial charge in [0.15, 0.2) is 0 Å². The standard InChI is InChI=1S/C17H19N5O/c1-21-12-19-20-16(21)14-6-9-22(10-7-14)17(23)15-4-2-3-13(11-15)5-8-18/h2-4,11-12,14H,5-7,9-10H2,1H3. The number of piperidine rings is 1. The molecule has 0 atom stereocenters. The van der Waals surface area contributed by atoms with E-state index >= 15 is 0 Å². The monoisotopic (exact) mass is 309 g/mol. The fourth-order valence-corrected chi connectivity index (χ4v) is 3.09. The van der Waals surface area contributed by atoms with Gasteiger partial charge in [-0.05, 0) is 30.5 Å². The summed E-state index contributed by atoms with van der Waals surface area (Å²) in [4.78, 5) is 14.5. The highest BCUT2D eigenvalue weighted by atomic mass is 16.2. The van der Waals surface area contributed by atoms with Crippen molar-refractivity contribution in [3.63, 3.8) is 0 Å². The Balaban J connectivity index is 1.65. The zero-order chi connectivity index (χ0) is 16.2. The number of amides is 1. The molecule has 23 heavy (non-hydrogen) atoms. The highest BCUT2D eigenvalue weighted by Crippen LogP contribution is 2.26. The second-order valence-electron chi connectivity index (χ2n) is 5.90. The van der Waals surface area contributed by atoms with E-state index in [9.17, 15) is 4.79 Å². The smallest absolute Gasteiger partial charge is 0.253 e. The third-order valence-electron chi connectivity index (χ3n) is 4.35. The number of hydrogen-bond donors (Lipinski definition) is 0. The largest absolute Gasteiger partial charge is 0.339 e. The summed E-state index contributed by atoms with van der Waals surface area (Å²) in [7, 11) is 1.95. The van der Waals surface area contributed by atoms with E-state index in [4.69, 9.17) is 5.26 Å². The van der Waals surface area contributed by atoms with Gasteiger partial charge in [0.1, 0.15) is 12.2 Å². The maximum atomic E-state index is 12.6. The average molecular weight is 309 g/mol. The molecule has 1 saturated heterocycles. The number of rotatable bonds is 3. The second-order valence-corrected chi connectivity index (χ2v) is 5.90. The van der Waals surface area contributed by atoms with E-state index in [-0.39, 0.29) is 5.91 Å². The van der Waals surface area contributed by atoms with Gasteiger partial charge in [0, 0.05) is 31.6 Å². The van der Waals surface area contributed by atoms with Crippen molar-refractivity contribution >= 4 is 5.91 Å². The van der Waals surface area contributed by atoms with Gasteiger partial charge >= 0.3 is 0 Å². The summed E-state index contributed by atoms with van der Waals surface area (Å²) in [5, 5.41) is 16.9. The molecular formula is C17H19N5O. The van der Waals surface area contributed by atoms with Crippen molar-refractivity contribution in [3.05, 3.63) is 47.5 Å². The molecule has 1 aliphatic rings. The highest BCUT2D eigenvalue weighted by molar-refractivity contribution is 5.94. The molecule has 1 aromatic carbocycles. The topological polar surface area (TPSA) is 74.8 Å². The van der Waals surface area contributed by atoms with E-state index in [1.807, 2.05) is 40.8 Å². The summed E-state index contributed by atoms with van der Waals surface area (Å²) in [6, 6.07) is 9.47. The van der Waals surface area contributed by atoms with Crippen molar-refractivity contribution in [1.82, 2.24) is 19.7 Å². The van der Waals surface area contributed by atoms with Gasteiger partial charge in [0.2, 0.25) is 0 Å². The molecule has 1 aliphatic heterocycles. The van der Waals surface area contributed by atoms with E-state index in [2.05, 4.69) is 16.3 Å². The van der Waals surface area contributed by atoms with Crippen molar-refractivity contribution in [3.8, 4) is 6.07 Å². The SMILES string of the molecule is Cn1cnnc1C1CCN(C(=O)c2cccc(CC#N)c2)CC1. The lowest BCUT2D eigenvalue weighted by Gasteiger charge is -2.31. The molecular weight excluding hydrogens is 290 g/mol. The molecule has 0 aliphatic carbocycles. The third kappa shape index (κ3) is 3.24. The molecule has 0 spiro atoms. The summed E-state index contributed by atoms with van der Waals surface area (Å²) < 4.78 is 1.95. The lowest BCUT2D eigenvalue weighted by Crippen LogP contribution is -2.38. The van der Waals surface area contributed by atoms with Crippen LogP contribution in [0.15, 0.2) is 30.6 Å². The lowest BCUT2D eigenvalue weighted by molar-refractivity contribution is 0.0710. The van der Waals surface area contributed by atoms with Crippen molar-refractivity contribution in [2.75, 3.05) is 13.1 Å². The minimum Gasteiger partial charge on any atom is -0.339 e. The Labute approximate surface area is 135 Å². The third-order valence-corrected chi connectivity index (χ3v) is 4.35. The van der Waals surface area contributed by atoms with Crippen LogP contribution in [0.2, 0.25) is 0 Å². The van der Waals surface area contributed by atoms with E-state index in [1.165, 1.54) is 0 Å². The number of aromatic nitrogens is 3. The first-order valence-electron chi connectivity index (χ1n) is 7.78. The number of benzene rings is 1. The van der Waals surface area contributed by atoms with Crippen LogP contribution in [0, 0.1) is 11.3 Å². The van der Waals surface area contributed by atoms with Crippen molar-refractivity contribution in [1.29, 1.82) is 5.26 Å². The summed E-state index contributed by atoms with van der Waals surface area (Å²) in [5.41, 5.74) is 1.54. The molecule has 6 nitrogen and oxygen atoms in total. The lowest BCUT2D eigenvalue weighted by atomic mass is 9.95. The van der Waals surface area contributed by atoms with E-state index in [0.717, 1.165) is 37.3 Å². The van der Waals surface area contributed by atoms with E-state index in [1.54, 1.807) is 6.33 Å². The van der Waals surface area contributed by atoms with Gasteiger partial charge in [-0.3, -0.25) is 4.79 Å². The van der Waals surface area contributed by atoms with Crippen LogP contribution in [0.4, 0.5) is 0 Å². The van der Waals surface area contributed by atoms with E-state index in [0.29, 0.717) is 17.9 Å². The fourth-order valence-electron chi connectivity index (χ4n) is 3.09. The number of aryl methyl sites for hydroxylation is 1. The zero-order valence-corrected chi connectivity index (χ0v) is 13.1. The van der Waals surface area contributed by atoms with Gasteiger partial charge in [-0.15, -0.1) is 10.2 Å². The van der Waals surface area contributed by atoms with E-state index < -0.39 is 0 Å². The second kappa shape index (κ2) is 6.61. The van der Waals surface area contributed by atoms with Crippen LogP contribution in [0.3, 0.4) is 0 Å². The van der Waals surface area contributed by atoms with Gasteiger partial charge in [-0.2, -0.15) is 5.26 Å². The summed E-state index contributed by atoms with van der Waals surface area (Å²) in [5.74, 6) is 1.39. The summed E-state index contributed by atoms with van der Waals surface area (Å²) >= 11 is 0. The van der Waals surface area contributed by atoms with Crippen molar-refractivity contribution in [2.45, 2.75) is 25.2 Å². The van der Waals surface area contributed by atoms with Crippen LogP contribution in [-0.2, 0) is 13.5 Å². The van der Waals surface area contributed by atoms with Crippen molar-refractivity contribution < 1.29 is 4.79 Å². The Morgan fingerprint density at radius 1 is 1.39 bits per heavy atom. The maximum Gasteiger partial charge on any atom is 0.253 e. The first kappa shape index (κ1) is 15.2. The molecule has 1 amide bonds. The van der Waals surface area contributed by atoms with Gasteiger partial charge < -0.3 is 9.47 Å². The number of carbonyl (C=O) groups excluding carboxylic acids is 1.